The van der Waals surface area contributed by atoms with Crippen molar-refractivity contribution in [3.63, 3.8) is 0 Å². The third kappa shape index (κ3) is 3.41. The second kappa shape index (κ2) is 4.96. The lowest BCUT2D eigenvalue weighted by atomic mass is 9.93. The van der Waals surface area contributed by atoms with Crippen LogP contribution in [0.4, 0.5) is 0 Å². The molecule has 0 aromatic heterocycles. The summed E-state index contributed by atoms with van der Waals surface area (Å²) >= 11 is 0. The van der Waals surface area contributed by atoms with Crippen LogP contribution < -0.4 is 5.32 Å². The number of nitrogens with one attached hydrogen (secondary N) is 1. The van der Waals surface area contributed by atoms with Gasteiger partial charge in [-0.25, -0.2) is 0 Å². The van der Waals surface area contributed by atoms with Crippen LogP contribution in [0.1, 0.15) is 26.7 Å². The lowest BCUT2D eigenvalue weighted by Gasteiger charge is -2.29. The average Bonchev–Trinajstić information content (AvgIpc) is 1.88. The van der Waals surface area contributed by atoms with Crippen LogP contribution in [0.3, 0.4) is 0 Å². The zero-order valence-corrected chi connectivity index (χ0v) is 8.03. The van der Waals surface area contributed by atoms with Crippen LogP contribution in [-0.2, 0) is 0 Å². The highest BCUT2D eigenvalue weighted by atomic mass is 35.5. The predicted octanol–water partition coefficient (Wildman–Crippen LogP) is 1.18. The highest BCUT2D eigenvalue weighted by Gasteiger charge is 2.21. The van der Waals surface area contributed by atoms with Crippen LogP contribution in [0.15, 0.2) is 0 Å². The van der Waals surface area contributed by atoms with Gasteiger partial charge in [0.25, 0.3) is 0 Å². The number of hydrogen-bond donors (Lipinski definition) is 2. The summed E-state index contributed by atoms with van der Waals surface area (Å²) in [5.41, 5.74) is 0. The maximum atomic E-state index is 9.29. The van der Waals surface area contributed by atoms with Crippen LogP contribution in [0, 0.1) is 5.92 Å². The number of aliphatic hydroxyl groups excluding tert-OH is 1. The van der Waals surface area contributed by atoms with Crippen LogP contribution >= 0.6 is 12.4 Å². The highest BCUT2D eigenvalue weighted by Crippen LogP contribution is 2.14. The van der Waals surface area contributed by atoms with E-state index in [2.05, 4.69) is 19.2 Å². The van der Waals surface area contributed by atoms with E-state index >= 15 is 0 Å². The zero-order chi connectivity index (χ0) is 7.56. The van der Waals surface area contributed by atoms with Crippen molar-refractivity contribution in [3.8, 4) is 0 Å². The highest BCUT2D eigenvalue weighted by molar-refractivity contribution is 5.85. The molecule has 0 aromatic carbocycles. The largest absolute Gasteiger partial charge is 0.393 e. The monoisotopic (exact) mass is 179 g/mol. The van der Waals surface area contributed by atoms with Crippen molar-refractivity contribution in [2.24, 2.45) is 5.92 Å². The second-order valence-corrected chi connectivity index (χ2v) is 3.48. The van der Waals surface area contributed by atoms with Gasteiger partial charge < -0.3 is 10.4 Å². The number of rotatable bonds is 1. The van der Waals surface area contributed by atoms with Crippen molar-refractivity contribution in [2.75, 3.05) is 6.54 Å². The van der Waals surface area contributed by atoms with E-state index < -0.39 is 0 Å². The molecule has 2 nitrogen and oxygen atoms in total. The SMILES string of the molecule is CC(C)C1CC(O)CCN1.Cl. The fraction of sp³-hybridized carbons (Fsp3) is 1.00. The quantitative estimate of drug-likeness (QED) is 0.634. The van der Waals surface area contributed by atoms with Crippen molar-refractivity contribution in [3.05, 3.63) is 0 Å². The predicted molar refractivity (Wildman–Crippen MR) is 49.1 cm³/mol. The summed E-state index contributed by atoms with van der Waals surface area (Å²) in [4.78, 5) is 0. The fourth-order valence-corrected chi connectivity index (χ4v) is 1.44. The molecule has 0 bridgehead atoms. The minimum absolute atomic E-state index is 0. The molecule has 2 unspecified atom stereocenters. The smallest absolute Gasteiger partial charge is 0.0567 e. The molecule has 1 rings (SSSR count). The van der Waals surface area contributed by atoms with Gasteiger partial charge in [-0.3, -0.25) is 0 Å². The Morgan fingerprint density at radius 1 is 1.45 bits per heavy atom. The van der Waals surface area contributed by atoms with Crippen molar-refractivity contribution < 1.29 is 5.11 Å². The van der Waals surface area contributed by atoms with Gasteiger partial charge in [-0.1, -0.05) is 13.8 Å². The average molecular weight is 180 g/mol. The molecule has 0 saturated carbocycles. The molecule has 11 heavy (non-hydrogen) atoms. The van der Waals surface area contributed by atoms with E-state index in [9.17, 15) is 5.11 Å². The molecular weight excluding hydrogens is 162 g/mol. The standard InChI is InChI=1S/C8H17NO.ClH/c1-6(2)8-5-7(10)3-4-9-8;/h6-10H,3-5H2,1-2H3;1H. The Kier molecular flexibility index (Phi) is 5.06. The van der Waals surface area contributed by atoms with Crippen molar-refractivity contribution in [1.82, 2.24) is 5.32 Å². The van der Waals surface area contributed by atoms with Gasteiger partial charge in [0.2, 0.25) is 0 Å². The van der Waals surface area contributed by atoms with Crippen LogP contribution in [0.25, 0.3) is 0 Å². The normalized spacial score (nSPS) is 31.6. The number of piperidine rings is 1. The minimum Gasteiger partial charge on any atom is -0.393 e. The first-order chi connectivity index (χ1) is 4.70. The maximum absolute atomic E-state index is 9.29. The Balaban J connectivity index is 0.000001000. The summed E-state index contributed by atoms with van der Waals surface area (Å²) in [6, 6.07) is 0.531. The summed E-state index contributed by atoms with van der Waals surface area (Å²) < 4.78 is 0. The summed E-state index contributed by atoms with van der Waals surface area (Å²) in [7, 11) is 0. The van der Waals surface area contributed by atoms with Crippen LogP contribution in [-0.4, -0.2) is 23.8 Å². The molecule has 1 saturated heterocycles. The Morgan fingerprint density at radius 3 is 2.45 bits per heavy atom. The first-order valence-corrected chi connectivity index (χ1v) is 4.11. The summed E-state index contributed by atoms with van der Waals surface area (Å²) in [6.45, 7) is 5.36. The molecule has 0 radical (unpaired) electrons. The summed E-state index contributed by atoms with van der Waals surface area (Å²) in [5, 5.41) is 12.7. The van der Waals surface area contributed by atoms with Gasteiger partial charge in [0, 0.05) is 6.04 Å². The van der Waals surface area contributed by atoms with Gasteiger partial charge in [-0.15, -0.1) is 12.4 Å². The first kappa shape index (κ1) is 11.2. The van der Waals surface area contributed by atoms with Gasteiger partial charge in [-0.2, -0.15) is 0 Å². The van der Waals surface area contributed by atoms with Gasteiger partial charge in [0.15, 0.2) is 0 Å². The lowest BCUT2D eigenvalue weighted by Crippen LogP contribution is -2.43. The number of hydrogen-bond acceptors (Lipinski definition) is 2. The maximum Gasteiger partial charge on any atom is 0.0567 e. The Labute approximate surface area is 74.8 Å². The molecular formula is C8H18ClNO. The Hall–Kier alpha value is 0.210. The van der Waals surface area contributed by atoms with Crippen molar-refractivity contribution >= 4 is 12.4 Å². The third-order valence-electron chi connectivity index (χ3n) is 2.21. The number of aliphatic hydroxyl groups is 1. The molecule has 2 atom stereocenters. The molecule has 1 heterocycles. The van der Waals surface area contributed by atoms with E-state index in [4.69, 9.17) is 0 Å². The first-order valence-electron chi connectivity index (χ1n) is 4.11. The van der Waals surface area contributed by atoms with Gasteiger partial charge in [0.05, 0.1) is 6.10 Å². The van der Waals surface area contributed by atoms with Crippen molar-refractivity contribution in [1.29, 1.82) is 0 Å². The van der Waals surface area contributed by atoms with E-state index in [1.807, 2.05) is 0 Å². The number of halogens is 1. The van der Waals surface area contributed by atoms with E-state index in [-0.39, 0.29) is 18.5 Å². The fourth-order valence-electron chi connectivity index (χ4n) is 1.44. The van der Waals surface area contributed by atoms with Gasteiger partial charge >= 0.3 is 0 Å². The van der Waals surface area contributed by atoms with Gasteiger partial charge in [0.1, 0.15) is 0 Å². The Bertz CT molecular complexity index is 108. The Morgan fingerprint density at radius 2 is 2.09 bits per heavy atom. The molecule has 3 heteroatoms. The van der Waals surface area contributed by atoms with Crippen LogP contribution in [0.2, 0.25) is 0 Å². The molecule has 0 amide bonds. The molecule has 68 valence electrons. The topological polar surface area (TPSA) is 32.3 Å². The third-order valence-corrected chi connectivity index (χ3v) is 2.21. The second-order valence-electron chi connectivity index (χ2n) is 3.48. The van der Waals surface area contributed by atoms with E-state index in [1.54, 1.807) is 0 Å². The molecule has 2 N–H and O–H groups in total. The zero-order valence-electron chi connectivity index (χ0n) is 7.21. The molecule has 0 aromatic rings. The van der Waals surface area contributed by atoms with Crippen molar-refractivity contribution in [2.45, 2.75) is 38.8 Å². The molecule has 1 fully saturated rings. The lowest BCUT2D eigenvalue weighted by molar-refractivity contribution is 0.105. The van der Waals surface area contributed by atoms with E-state index in [1.165, 1.54) is 0 Å². The molecule has 1 aliphatic heterocycles. The molecule has 1 aliphatic rings. The summed E-state index contributed by atoms with van der Waals surface area (Å²) in [5.74, 6) is 0.648. The molecule has 0 spiro atoms. The van der Waals surface area contributed by atoms with Crippen LogP contribution in [0.5, 0.6) is 0 Å². The van der Waals surface area contributed by atoms with Gasteiger partial charge in [-0.05, 0) is 25.3 Å². The summed E-state index contributed by atoms with van der Waals surface area (Å²) in [6.07, 6.45) is 1.79. The van der Waals surface area contributed by atoms with E-state index in [0.717, 1.165) is 19.4 Å². The molecule has 0 aliphatic carbocycles. The minimum atomic E-state index is -0.0614. The van der Waals surface area contributed by atoms with E-state index in [0.29, 0.717) is 12.0 Å².